The standard InChI is InChI=1S/C15H24ClFN2/c1-3-6-11(7-4-2)14(19-18)10-12-8-5-9-13(17)15(12)16/h5,8-9,11,14,19H,3-4,6-7,10,18H2,1-2H3. The molecule has 1 aromatic carbocycles. The van der Waals surface area contributed by atoms with Gasteiger partial charge in [-0.2, -0.15) is 0 Å². The topological polar surface area (TPSA) is 38.0 Å². The molecular formula is C15H24ClFN2. The van der Waals surface area contributed by atoms with Gasteiger partial charge in [-0.3, -0.25) is 11.3 Å². The second-order valence-electron chi connectivity index (χ2n) is 5.03. The summed E-state index contributed by atoms with van der Waals surface area (Å²) in [6, 6.07) is 5.08. The summed E-state index contributed by atoms with van der Waals surface area (Å²) in [4.78, 5) is 0. The van der Waals surface area contributed by atoms with Crippen LogP contribution < -0.4 is 11.3 Å². The number of rotatable bonds is 8. The van der Waals surface area contributed by atoms with Crippen molar-refractivity contribution in [1.29, 1.82) is 0 Å². The molecule has 0 fully saturated rings. The lowest BCUT2D eigenvalue weighted by atomic mass is 9.87. The third kappa shape index (κ3) is 4.75. The summed E-state index contributed by atoms with van der Waals surface area (Å²) in [5.41, 5.74) is 3.71. The van der Waals surface area contributed by atoms with Crippen LogP contribution in [0, 0.1) is 11.7 Å². The highest BCUT2D eigenvalue weighted by Crippen LogP contribution is 2.25. The van der Waals surface area contributed by atoms with Crippen LogP contribution in [0.5, 0.6) is 0 Å². The third-order valence-electron chi connectivity index (χ3n) is 3.57. The molecule has 0 saturated heterocycles. The van der Waals surface area contributed by atoms with Crippen molar-refractivity contribution >= 4 is 11.6 Å². The van der Waals surface area contributed by atoms with E-state index in [0.29, 0.717) is 12.3 Å². The zero-order valence-electron chi connectivity index (χ0n) is 11.8. The first-order valence-electron chi connectivity index (χ1n) is 7.03. The number of hydrogen-bond acceptors (Lipinski definition) is 2. The van der Waals surface area contributed by atoms with Crippen LogP contribution in [0.25, 0.3) is 0 Å². The number of nitrogens with one attached hydrogen (secondary N) is 1. The maximum Gasteiger partial charge on any atom is 0.142 e. The molecule has 3 N–H and O–H groups in total. The molecule has 108 valence electrons. The Kier molecular flexibility index (Phi) is 7.36. The average Bonchev–Trinajstić information content (AvgIpc) is 2.40. The first kappa shape index (κ1) is 16.4. The molecule has 1 aromatic rings. The van der Waals surface area contributed by atoms with Gasteiger partial charge < -0.3 is 0 Å². The summed E-state index contributed by atoms with van der Waals surface area (Å²) in [6.07, 6.45) is 5.16. The lowest BCUT2D eigenvalue weighted by molar-refractivity contribution is 0.311. The van der Waals surface area contributed by atoms with Crippen molar-refractivity contribution in [2.75, 3.05) is 0 Å². The highest BCUT2D eigenvalue weighted by Gasteiger charge is 2.21. The molecule has 0 radical (unpaired) electrons. The van der Waals surface area contributed by atoms with Gasteiger partial charge >= 0.3 is 0 Å². The summed E-state index contributed by atoms with van der Waals surface area (Å²) in [5.74, 6) is 5.82. The molecule has 1 unspecified atom stereocenters. The van der Waals surface area contributed by atoms with Crippen molar-refractivity contribution in [3.05, 3.63) is 34.6 Å². The normalized spacial score (nSPS) is 12.9. The van der Waals surface area contributed by atoms with Gasteiger partial charge in [0.2, 0.25) is 0 Å². The van der Waals surface area contributed by atoms with Crippen LogP contribution in [0.2, 0.25) is 5.02 Å². The van der Waals surface area contributed by atoms with E-state index in [0.717, 1.165) is 31.2 Å². The molecule has 0 spiro atoms. The fourth-order valence-electron chi connectivity index (χ4n) is 2.59. The van der Waals surface area contributed by atoms with Gasteiger partial charge in [-0.25, -0.2) is 4.39 Å². The zero-order valence-corrected chi connectivity index (χ0v) is 12.5. The fraction of sp³-hybridized carbons (Fsp3) is 0.600. The lowest BCUT2D eigenvalue weighted by Gasteiger charge is -2.26. The van der Waals surface area contributed by atoms with E-state index in [4.69, 9.17) is 17.4 Å². The quantitative estimate of drug-likeness (QED) is 0.558. The first-order chi connectivity index (χ1) is 9.13. The third-order valence-corrected chi connectivity index (χ3v) is 4.00. The van der Waals surface area contributed by atoms with E-state index in [9.17, 15) is 4.39 Å². The van der Waals surface area contributed by atoms with E-state index in [1.165, 1.54) is 6.07 Å². The molecule has 4 heteroatoms. The summed E-state index contributed by atoms with van der Waals surface area (Å²) in [7, 11) is 0. The minimum absolute atomic E-state index is 0.138. The highest BCUT2D eigenvalue weighted by atomic mass is 35.5. The van der Waals surface area contributed by atoms with Crippen LogP contribution in [-0.2, 0) is 6.42 Å². The molecule has 2 nitrogen and oxygen atoms in total. The average molecular weight is 287 g/mol. The number of hydrazine groups is 1. The van der Waals surface area contributed by atoms with Crippen molar-refractivity contribution in [1.82, 2.24) is 5.43 Å². The van der Waals surface area contributed by atoms with Crippen LogP contribution in [0.4, 0.5) is 4.39 Å². The zero-order chi connectivity index (χ0) is 14.3. The van der Waals surface area contributed by atoms with E-state index in [-0.39, 0.29) is 16.9 Å². The SMILES string of the molecule is CCCC(CCC)C(Cc1cccc(F)c1Cl)NN. The van der Waals surface area contributed by atoms with Gasteiger partial charge in [-0.05, 0) is 36.8 Å². The molecule has 0 aliphatic heterocycles. The van der Waals surface area contributed by atoms with Crippen molar-refractivity contribution < 1.29 is 4.39 Å². The Labute approximate surface area is 120 Å². The molecule has 0 aliphatic rings. The van der Waals surface area contributed by atoms with Gasteiger partial charge in [-0.15, -0.1) is 0 Å². The van der Waals surface area contributed by atoms with E-state index in [1.807, 2.05) is 6.07 Å². The number of halogens is 2. The summed E-state index contributed by atoms with van der Waals surface area (Å²) in [6.45, 7) is 4.34. The Morgan fingerprint density at radius 3 is 2.42 bits per heavy atom. The molecule has 0 aromatic heterocycles. The monoisotopic (exact) mass is 286 g/mol. The smallest absolute Gasteiger partial charge is 0.142 e. The van der Waals surface area contributed by atoms with Gasteiger partial charge in [0.1, 0.15) is 5.82 Å². The van der Waals surface area contributed by atoms with Crippen LogP contribution in [0.15, 0.2) is 18.2 Å². The minimum Gasteiger partial charge on any atom is -0.271 e. The molecule has 1 rings (SSSR count). The molecule has 0 aliphatic carbocycles. The number of benzene rings is 1. The van der Waals surface area contributed by atoms with Crippen LogP contribution in [0.3, 0.4) is 0 Å². The maximum atomic E-state index is 13.4. The lowest BCUT2D eigenvalue weighted by Crippen LogP contribution is -2.42. The van der Waals surface area contributed by atoms with Gasteiger partial charge in [-0.1, -0.05) is 50.4 Å². The first-order valence-corrected chi connectivity index (χ1v) is 7.40. The van der Waals surface area contributed by atoms with Crippen LogP contribution >= 0.6 is 11.6 Å². The summed E-state index contributed by atoms with van der Waals surface area (Å²) < 4.78 is 13.4. The number of hydrogen-bond donors (Lipinski definition) is 2. The van der Waals surface area contributed by atoms with E-state index >= 15 is 0 Å². The minimum atomic E-state index is -0.363. The largest absolute Gasteiger partial charge is 0.271 e. The second kappa shape index (κ2) is 8.51. The van der Waals surface area contributed by atoms with Crippen molar-refractivity contribution in [2.24, 2.45) is 11.8 Å². The van der Waals surface area contributed by atoms with E-state index in [2.05, 4.69) is 19.3 Å². The van der Waals surface area contributed by atoms with Crippen LogP contribution in [-0.4, -0.2) is 6.04 Å². The summed E-state index contributed by atoms with van der Waals surface area (Å²) >= 11 is 6.01. The fourth-order valence-corrected chi connectivity index (χ4v) is 2.80. The Balaban J connectivity index is 2.82. The molecule has 0 amide bonds. The van der Waals surface area contributed by atoms with Crippen LogP contribution in [0.1, 0.15) is 45.1 Å². The molecular weight excluding hydrogens is 263 g/mol. The van der Waals surface area contributed by atoms with Crippen molar-refractivity contribution in [2.45, 2.75) is 52.0 Å². The van der Waals surface area contributed by atoms with Gasteiger partial charge in [0, 0.05) is 6.04 Å². The molecule has 0 heterocycles. The Hall–Kier alpha value is -0.640. The maximum absolute atomic E-state index is 13.4. The van der Waals surface area contributed by atoms with Gasteiger partial charge in [0.05, 0.1) is 5.02 Å². The predicted octanol–water partition coefficient (Wildman–Crippen LogP) is 4.07. The van der Waals surface area contributed by atoms with Gasteiger partial charge in [0.15, 0.2) is 0 Å². The van der Waals surface area contributed by atoms with E-state index in [1.54, 1.807) is 6.07 Å². The molecule has 0 saturated carbocycles. The van der Waals surface area contributed by atoms with Gasteiger partial charge in [0.25, 0.3) is 0 Å². The second-order valence-corrected chi connectivity index (χ2v) is 5.41. The van der Waals surface area contributed by atoms with E-state index < -0.39 is 0 Å². The Morgan fingerprint density at radius 2 is 1.89 bits per heavy atom. The highest BCUT2D eigenvalue weighted by molar-refractivity contribution is 6.31. The molecule has 0 bridgehead atoms. The Morgan fingerprint density at radius 1 is 1.26 bits per heavy atom. The predicted molar refractivity (Wildman–Crippen MR) is 79.5 cm³/mol. The number of nitrogens with two attached hydrogens (primary N) is 1. The molecule has 19 heavy (non-hydrogen) atoms. The van der Waals surface area contributed by atoms with Crippen molar-refractivity contribution in [3.8, 4) is 0 Å². The summed E-state index contributed by atoms with van der Waals surface area (Å²) in [5, 5.41) is 0.217. The van der Waals surface area contributed by atoms with Crippen molar-refractivity contribution in [3.63, 3.8) is 0 Å². The Bertz CT molecular complexity index is 378. The molecule has 1 atom stereocenters.